The fourth-order valence-corrected chi connectivity index (χ4v) is 3.56. The van der Waals surface area contributed by atoms with Crippen LogP contribution in [0.5, 0.6) is 0 Å². The fraction of sp³-hybridized carbons (Fsp3) is 0.450. The van der Waals surface area contributed by atoms with E-state index in [2.05, 4.69) is 5.10 Å². The molecule has 6 heteroatoms. The van der Waals surface area contributed by atoms with Gasteiger partial charge in [0.05, 0.1) is 18.3 Å². The summed E-state index contributed by atoms with van der Waals surface area (Å²) in [5, 5.41) is 13.3. The molecule has 2 heterocycles. The highest BCUT2D eigenvalue weighted by molar-refractivity contribution is 5.95. The Labute approximate surface area is 153 Å². The second-order valence-corrected chi connectivity index (χ2v) is 6.98. The highest BCUT2D eigenvalue weighted by Crippen LogP contribution is 2.23. The molecule has 26 heavy (non-hydrogen) atoms. The molecular formula is C20H25N3O3. The number of carboxylic acid groups (broad SMARTS) is 1. The van der Waals surface area contributed by atoms with Crippen LogP contribution in [-0.4, -0.2) is 44.8 Å². The second kappa shape index (κ2) is 8.17. The summed E-state index contributed by atoms with van der Waals surface area (Å²) in [4.78, 5) is 25.6. The van der Waals surface area contributed by atoms with Gasteiger partial charge in [-0.05, 0) is 37.7 Å². The van der Waals surface area contributed by atoms with Gasteiger partial charge in [0.2, 0.25) is 0 Å². The summed E-state index contributed by atoms with van der Waals surface area (Å²) in [6.07, 6.45) is 4.37. The monoisotopic (exact) mass is 355 g/mol. The molecule has 1 fully saturated rings. The highest BCUT2D eigenvalue weighted by Gasteiger charge is 2.27. The molecule has 1 aromatic heterocycles. The van der Waals surface area contributed by atoms with E-state index in [4.69, 9.17) is 5.11 Å². The smallest absolute Gasteiger partial charge is 0.303 e. The van der Waals surface area contributed by atoms with E-state index in [-0.39, 0.29) is 18.2 Å². The van der Waals surface area contributed by atoms with Gasteiger partial charge in [-0.1, -0.05) is 30.3 Å². The summed E-state index contributed by atoms with van der Waals surface area (Å²) in [6.45, 7) is 3.93. The minimum atomic E-state index is -0.772. The van der Waals surface area contributed by atoms with Crippen LogP contribution in [0.3, 0.4) is 0 Å². The molecule has 1 atom stereocenters. The minimum absolute atomic E-state index is 0.00170. The lowest BCUT2D eigenvalue weighted by Gasteiger charge is -2.32. The van der Waals surface area contributed by atoms with Crippen molar-refractivity contribution >= 4 is 11.9 Å². The standard InChI is InChI=1S/C20H25N3O3/c1-15-18(12-21-23(15)14-16-6-3-2-4-7-16)20(26)22-11-5-8-17(13-22)9-10-19(24)25/h2-4,6-7,12,17H,5,8-11,13-14H2,1H3,(H,24,25). The van der Waals surface area contributed by atoms with Crippen LogP contribution >= 0.6 is 0 Å². The Kier molecular flexibility index (Phi) is 5.71. The van der Waals surface area contributed by atoms with Gasteiger partial charge >= 0.3 is 5.97 Å². The van der Waals surface area contributed by atoms with Crippen LogP contribution in [0.2, 0.25) is 0 Å². The number of likely N-dealkylation sites (tertiary alicyclic amines) is 1. The van der Waals surface area contributed by atoms with Crippen LogP contribution in [0, 0.1) is 12.8 Å². The molecule has 1 N–H and O–H groups in total. The summed E-state index contributed by atoms with van der Waals surface area (Å²) in [6, 6.07) is 10.0. The Morgan fingerprint density at radius 1 is 1.27 bits per heavy atom. The number of amides is 1. The first-order valence-corrected chi connectivity index (χ1v) is 9.12. The van der Waals surface area contributed by atoms with Crippen molar-refractivity contribution < 1.29 is 14.7 Å². The minimum Gasteiger partial charge on any atom is -0.481 e. The molecular weight excluding hydrogens is 330 g/mol. The van der Waals surface area contributed by atoms with Gasteiger partial charge < -0.3 is 10.0 Å². The Bertz CT molecular complexity index is 770. The number of hydrogen-bond acceptors (Lipinski definition) is 3. The van der Waals surface area contributed by atoms with Gasteiger partial charge in [0.25, 0.3) is 5.91 Å². The zero-order valence-electron chi connectivity index (χ0n) is 15.1. The van der Waals surface area contributed by atoms with Gasteiger partial charge in [-0.15, -0.1) is 0 Å². The van der Waals surface area contributed by atoms with Gasteiger partial charge in [-0.2, -0.15) is 5.10 Å². The molecule has 1 amide bonds. The van der Waals surface area contributed by atoms with Crippen molar-refractivity contribution in [2.45, 2.75) is 39.2 Å². The quantitative estimate of drug-likeness (QED) is 0.864. The first-order valence-electron chi connectivity index (χ1n) is 9.12. The van der Waals surface area contributed by atoms with Crippen LogP contribution in [0.1, 0.15) is 47.3 Å². The number of piperidine rings is 1. The van der Waals surface area contributed by atoms with Crippen molar-refractivity contribution in [2.75, 3.05) is 13.1 Å². The molecule has 1 aliphatic heterocycles. The van der Waals surface area contributed by atoms with E-state index in [1.54, 1.807) is 6.20 Å². The first-order chi connectivity index (χ1) is 12.5. The Hall–Kier alpha value is -2.63. The summed E-state index contributed by atoms with van der Waals surface area (Å²) < 4.78 is 1.86. The molecule has 3 rings (SSSR count). The molecule has 0 radical (unpaired) electrons. The van der Waals surface area contributed by atoms with Gasteiger partial charge in [-0.3, -0.25) is 14.3 Å². The number of carboxylic acids is 1. The van der Waals surface area contributed by atoms with Crippen molar-refractivity contribution in [2.24, 2.45) is 5.92 Å². The molecule has 1 aliphatic rings. The van der Waals surface area contributed by atoms with E-state index in [0.29, 0.717) is 25.1 Å². The summed E-state index contributed by atoms with van der Waals surface area (Å²) in [5.74, 6) is -0.503. The lowest BCUT2D eigenvalue weighted by molar-refractivity contribution is -0.137. The number of nitrogens with zero attached hydrogens (tertiary/aromatic N) is 3. The molecule has 0 saturated carbocycles. The average Bonchev–Trinajstić information content (AvgIpc) is 3.01. The van der Waals surface area contributed by atoms with Gasteiger partial charge in [0.15, 0.2) is 0 Å². The van der Waals surface area contributed by atoms with Crippen LogP contribution in [0.4, 0.5) is 0 Å². The van der Waals surface area contributed by atoms with Gasteiger partial charge in [-0.25, -0.2) is 0 Å². The number of rotatable bonds is 6. The van der Waals surface area contributed by atoms with Gasteiger partial charge in [0.1, 0.15) is 0 Å². The third-order valence-corrected chi connectivity index (χ3v) is 5.08. The molecule has 2 aromatic rings. The van der Waals surface area contributed by atoms with Crippen molar-refractivity contribution in [3.8, 4) is 0 Å². The maximum atomic E-state index is 12.9. The average molecular weight is 355 g/mol. The number of carbonyl (C=O) groups excluding carboxylic acids is 1. The van der Waals surface area contributed by atoms with Crippen LogP contribution in [0.25, 0.3) is 0 Å². The molecule has 1 saturated heterocycles. The van der Waals surface area contributed by atoms with Crippen molar-refractivity contribution in [1.82, 2.24) is 14.7 Å². The second-order valence-electron chi connectivity index (χ2n) is 6.98. The van der Waals surface area contributed by atoms with E-state index in [9.17, 15) is 9.59 Å². The Morgan fingerprint density at radius 3 is 2.77 bits per heavy atom. The normalized spacial score (nSPS) is 17.3. The topological polar surface area (TPSA) is 75.4 Å². The first kappa shape index (κ1) is 18.2. The maximum Gasteiger partial charge on any atom is 0.303 e. The number of hydrogen-bond donors (Lipinski definition) is 1. The fourth-order valence-electron chi connectivity index (χ4n) is 3.56. The molecule has 0 aliphatic carbocycles. The van der Waals surface area contributed by atoms with Crippen LogP contribution < -0.4 is 0 Å². The van der Waals surface area contributed by atoms with Crippen molar-refractivity contribution in [1.29, 1.82) is 0 Å². The van der Waals surface area contributed by atoms with E-state index in [1.807, 2.05) is 46.8 Å². The van der Waals surface area contributed by atoms with Gasteiger partial charge in [0, 0.05) is 25.2 Å². The molecule has 0 bridgehead atoms. The lowest BCUT2D eigenvalue weighted by atomic mass is 9.93. The summed E-state index contributed by atoms with van der Waals surface area (Å²) in [5.41, 5.74) is 2.65. The van der Waals surface area contributed by atoms with Crippen molar-refractivity contribution in [3.05, 3.63) is 53.3 Å². The SMILES string of the molecule is Cc1c(C(=O)N2CCCC(CCC(=O)O)C2)cnn1Cc1ccccc1. The predicted molar refractivity (Wildman–Crippen MR) is 98.0 cm³/mol. The Morgan fingerprint density at radius 2 is 2.04 bits per heavy atom. The van der Waals surface area contributed by atoms with E-state index < -0.39 is 5.97 Å². The predicted octanol–water partition coefficient (Wildman–Crippen LogP) is 2.96. The zero-order valence-corrected chi connectivity index (χ0v) is 15.1. The maximum absolute atomic E-state index is 12.9. The third kappa shape index (κ3) is 4.31. The molecule has 1 unspecified atom stereocenters. The summed E-state index contributed by atoms with van der Waals surface area (Å²) in [7, 11) is 0. The molecule has 138 valence electrons. The third-order valence-electron chi connectivity index (χ3n) is 5.08. The number of aliphatic carboxylic acids is 1. The molecule has 0 spiro atoms. The number of benzene rings is 1. The van der Waals surface area contributed by atoms with Crippen LogP contribution in [-0.2, 0) is 11.3 Å². The van der Waals surface area contributed by atoms with E-state index >= 15 is 0 Å². The number of carbonyl (C=O) groups is 2. The van der Waals surface area contributed by atoms with Crippen LogP contribution in [0.15, 0.2) is 36.5 Å². The van der Waals surface area contributed by atoms with Crippen molar-refractivity contribution in [3.63, 3.8) is 0 Å². The zero-order chi connectivity index (χ0) is 18.5. The summed E-state index contributed by atoms with van der Waals surface area (Å²) >= 11 is 0. The lowest BCUT2D eigenvalue weighted by Crippen LogP contribution is -2.40. The highest BCUT2D eigenvalue weighted by atomic mass is 16.4. The molecule has 1 aromatic carbocycles. The van der Waals surface area contributed by atoms with E-state index in [0.717, 1.165) is 30.6 Å². The Balaban J connectivity index is 1.67. The number of aromatic nitrogens is 2. The molecule has 6 nitrogen and oxygen atoms in total. The largest absolute Gasteiger partial charge is 0.481 e. The van der Waals surface area contributed by atoms with E-state index in [1.165, 1.54) is 0 Å².